The lowest BCUT2D eigenvalue weighted by molar-refractivity contribution is 0.0985. The second kappa shape index (κ2) is 8.68. The van der Waals surface area contributed by atoms with Gasteiger partial charge in [0.2, 0.25) is 0 Å². The Bertz CT molecular complexity index is 1430. The van der Waals surface area contributed by atoms with E-state index in [1.807, 2.05) is 48.9 Å². The Kier molecular flexibility index (Phi) is 5.72. The van der Waals surface area contributed by atoms with Gasteiger partial charge in [-0.3, -0.25) is 14.4 Å². The lowest BCUT2D eigenvalue weighted by Crippen LogP contribution is -2.34. The molecule has 33 heavy (non-hydrogen) atoms. The van der Waals surface area contributed by atoms with Gasteiger partial charge in [0.25, 0.3) is 5.91 Å². The molecule has 2 aromatic carbocycles. The molecule has 3 aromatic heterocycles. The van der Waals surface area contributed by atoms with Crippen molar-refractivity contribution in [2.45, 2.75) is 40.2 Å². The summed E-state index contributed by atoms with van der Waals surface area (Å²) in [5, 5.41) is 5.75. The molecule has 0 bridgehead atoms. The van der Waals surface area contributed by atoms with E-state index in [-0.39, 0.29) is 5.91 Å². The molecule has 0 spiro atoms. The van der Waals surface area contributed by atoms with Crippen LogP contribution in [0.4, 0.5) is 5.13 Å². The number of thiazole rings is 2. The van der Waals surface area contributed by atoms with Crippen molar-refractivity contribution < 1.29 is 4.79 Å². The number of nitrogens with zero attached hydrogens (tertiary/aromatic N) is 5. The van der Waals surface area contributed by atoms with Crippen molar-refractivity contribution in [3.63, 3.8) is 0 Å². The highest BCUT2D eigenvalue weighted by Crippen LogP contribution is 2.34. The zero-order valence-electron chi connectivity index (χ0n) is 19.1. The third kappa shape index (κ3) is 4.16. The van der Waals surface area contributed by atoms with Crippen LogP contribution in [0.25, 0.3) is 20.4 Å². The minimum absolute atomic E-state index is 0.122. The van der Waals surface area contributed by atoms with Crippen LogP contribution in [-0.4, -0.2) is 32.2 Å². The van der Waals surface area contributed by atoms with Gasteiger partial charge in [-0.2, -0.15) is 5.10 Å². The first-order valence-corrected chi connectivity index (χ1v) is 12.6. The van der Waals surface area contributed by atoms with E-state index in [0.29, 0.717) is 29.1 Å². The third-order valence-corrected chi connectivity index (χ3v) is 7.72. The summed E-state index contributed by atoms with van der Waals surface area (Å²) in [5.74, 6) is 0.231. The molecule has 8 heteroatoms. The number of carbonyl (C=O) groups is 1. The number of hydrogen-bond acceptors (Lipinski definition) is 6. The largest absolute Gasteiger partial charge is 0.289 e. The van der Waals surface area contributed by atoms with Gasteiger partial charge in [-0.15, -0.1) is 11.3 Å². The summed E-state index contributed by atoms with van der Waals surface area (Å²) >= 11 is 2.98. The lowest BCUT2D eigenvalue weighted by atomic mass is 10.0. The standard InChI is InChI=1S/C25H25N5OS2/c1-15(2)18-8-7-11-21-22(18)27-25(33-21)29(12-13-30-17(4)14-16(3)28-30)24(31)23-26-19-9-5-6-10-20(19)32-23/h5-11,14-15H,12-13H2,1-4H3. The van der Waals surface area contributed by atoms with Crippen LogP contribution in [0.5, 0.6) is 0 Å². The van der Waals surface area contributed by atoms with Crippen LogP contribution in [0.2, 0.25) is 0 Å². The second-order valence-corrected chi connectivity index (χ2v) is 10.5. The van der Waals surface area contributed by atoms with Gasteiger partial charge in [0.15, 0.2) is 10.1 Å². The number of hydrogen-bond donors (Lipinski definition) is 0. The minimum Gasteiger partial charge on any atom is -0.280 e. The molecule has 0 unspecified atom stereocenters. The number of fused-ring (bicyclic) bond motifs is 2. The SMILES string of the molecule is Cc1cc(C)n(CCN(C(=O)c2nc3ccccc3s2)c2nc3c(C(C)C)cccc3s2)n1. The van der Waals surface area contributed by atoms with E-state index in [2.05, 4.69) is 42.1 Å². The highest BCUT2D eigenvalue weighted by molar-refractivity contribution is 7.23. The first kappa shape index (κ1) is 21.7. The molecule has 0 radical (unpaired) electrons. The highest BCUT2D eigenvalue weighted by Gasteiger charge is 2.25. The number of para-hydroxylation sites is 2. The Balaban J connectivity index is 1.55. The van der Waals surface area contributed by atoms with E-state index in [4.69, 9.17) is 4.98 Å². The molecule has 0 fully saturated rings. The Labute approximate surface area is 200 Å². The van der Waals surface area contributed by atoms with Crippen LogP contribution in [0.3, 0.4) is 0 Å². The molecule has 0 atom stereocenters. The van der Waals surface area contributed by atoms with Crippen LogP contribution in [-0.2, 0) is 6.54 Å². The van der Waals surface area contributed by atoms with Crippen molar-refractivity contribution in [2.24, 2.45) is 0 Å². The van der Waals surface area contributed by atoms with Gasteiger partial charge in [0.05, 0.1) is 32.7 Å². The highest BCUT2D eigenvalue weighted by atomic mass is 32.1. The number of anilines is 1. The lowest BCUT2D eigenvalue weighted by Gasteiger charge is -2.19. The van der Waals surface area contributed by atoms with Crippen LogP contribution in [0.15, 0.2) is 48.5 Å². The molecule has 1 amide bonds. The fraction of sp³-hybridized carbons (Fsp3) is 0.280. The first-order valence-electron chi connectivity index (χ1n) is 11.0. The summed E-state index contributed by atoms with van der Waals surface area (Å²) in [6, 6.07) is 16.2. The number of rotatable bonds is 6. The summed E-state index contributed by atoms with van der Waals surface area (Å²) in [7, 11) is 0. The van der Waals surface area contributed by atoms with E-state index in [1.54, 1.807) is 16.2 Å². The van der Waals surface area contributed by atoms with Gasteiger partial charge in [-0.05, 0) is 49.6 Å². The Morgan fingerprint density at radius 1 is 1.03 bits per heavy atom. The fourth-order valence-corrected chi connectivity index (χ4v) is 5.94. The molecule has 5 aromatic rings. The summed E-state index contributed by atoms with van der Waals surface area (Å²) in [6.07, 6.45) is 0. The molecule has 0 N–H and O–H groups in total. The maximum Gasteiger partial charge on any atom is 0.289 e. The molecular formula is C25H25N5OS2. The third-order valence-electron chi connectivity index (χ3n) is 5.65. The molecule has 0 saturated heterocycles. The predicted octanol–water partition coefficient (Wildman–Crippen LogP) is 6.19. The zero-order chi connectivity index (χ0) is 23.1. The number of aromatic nitrogens is 4. The van der Waals surface area contributed by atoms with Gasteiger partial charge in [-0.1, -0.05) is 49.4 Å². The van der Waals surface area contributed by atoms with Gasteiger partial charge in [0, 0.05) is 12.2 Å². The van der Waals surface area contributed by atoms with E-state index in [9.17, 15) is 4.79 Å². The molecule has 0 aliphatic carbocycles. The molecular weight excluding hydrogens is 450 g/mol. The van der Waals surface area contributed by atoms with Crippen LogP contribution in [0, 0.1) is 13.8 Å². The van der Waals surface area contributed by atoms with Crippen LogP contribution in [0.1, 0.15) is 46.5 Å². The zero-order valence-corrected chi connectivity index (χ0v) is 20.7. The average Bonchev–Trinajstić information content (AvgIpc) is 3.49. The molecule has 0 saturated carbocycles. The van der Waals surface area contributed by atoms with Crippen molar-refractivity contribution in [2.75, 3.05) is 11.4 Å². The monoisotopic (exact) mass is 475 g/mol. The quantitative estimate of drug-likeness (QED) is 0.294. The molecule has 5 rings (SSSR count). The van der Waals surface area contributed by atoms with E-state index in [0.717, 1.165) is 31.8 Å². The van der Waals surface area contributed by atoms with E-state index in [1.165, 1.54) is 16.9 Å². The maximum atomic E-state index is 13.7. The predicted molar refractivity (Wildman–Crippen MR) is 137 cm³/mol. The first-order chi connectivity index (χ1) is 15.9. The summed E-state index contributed by atoms with van der Waals surface area (Å²) in [6.45, 7) is 9.40. The Morgan fingerprint density at radius 3 is 2.55 bits per heavy atom. The number of benzene rings is 2. The Hall–Kier alpha value is -3.10. The van der Waals surface area contributed by atoms with Crippen molar-refractivity contribution in [1.82, 2.24) is 19.7 Å². The smallest absolute Gasteiger partial charge is 0.280 e. The summed E-state index contributed by atoms with van der Waals surface area (Å²) in [5.41, 5.74) is 5.06. The maximum absolute atomic E-state index is 13.7. The number of carbonyl (C=O) groups excluding carboxylic acids is 1. The molecule has 0 aliphatic heterocycles. The normalized spacial score (nSPS) is 11.7. The van der Waals surface area contributed by atoms with Crippen molar-refractivity contribution in [3.8, 4) is 0 Å². The molecule has 0 aliphatic rings. The number of aryl methyl sites for hydroxylation is 2. The van der Waals surface area contributed by atoms with Crippen LogP contribution < -0.4 is 4.90 Å². The Morgan fingerprint density at radius 2 is 1.82 bits per heavy atom. The van der Waals surface area contributed by atoms with Crippen LogP contribution >= 0.6 is 22.7 Å². The van der Waals surface area contributed by atoms with Gasteiger partial charge < -0.3 is 0 Å². The van der Waals surface area contributed by atoms with Crippen molar-refractivity contribution >= 4 is 54.1 Å². The molecule has 168 valence electrons. The topological polar surface area (TPSA) is 63.9 Å². The van der Waals surface area contributed by atoms with E-state index >= 15 is 0 Å². The average molecular weight is 476 g/mol. The molecule has 6 nitrogen and oxygen atoms in total. The van der Waals surface area contributed by atoms with Gasteiger partial charge >= 0.3 is 0 Å². The van der Waals surface area contributed by atoms with Gasteiger partial charge in [-0.25, -0.2) is 9.97 Å². The fourth-order valence-electron chi connectivity index (χ4n) is 4.00. The van der Waals surface area contributed by atoms with Crippen molar-refractivity contribution in [3.05, 3.63) is 70.5 Å². The summed E-state index contributed by atoms with van der Waals surface area (Å²) in [4.78, 5) is 25.1. The number of amides is 1. The molecule has 3 heterocycles. The van der Waals surface area contributed by atoms with Gasteiger partial charge in [0.1, 0.15) is 0 Å². The minimum atomic E-state index is -0.122. The van der Waals surface area contributed by atoms with E-state index < -0.39 is 0 Å². The summed E-state index contributed by atoms with van der Waals surface area (Å²) < 4.78 is 4.04. The second-order valence-electron chi connectivity index (χ2n) is 8.44. The van der Waals surface area contributed by atoms with Crippen molar-refractivity contribution in [1.29, 1.82) is 0 Å².